The maximum Gasteiger partial charge on any atom is 0.350 e. The number of ether oxygens (including phenoxy) is 1. The Morgan fingerprint density at radius 1 is 1.41 bits per heavy atom. The van der Waals surface area contributed by atoms with Crippen LogP contribution in [0.4, 0.5) is 11.5 Å². The van der Waals surface area contributed by atoms with E-state index in [0.29, 0.717) is 37.3 Å². The second-order valence-corrected chi connectivity index (χ2v) is 4.92. The maximum absolute atomic E-state index is 11.9. The number of morpholine rings is 1. The molecule has 9 heteroatoms. The van der Waals surface area contributed by atoms with Crippen molar-refractivity contribution in [2.24, 2.45) is 0 Å². The predicted octanol–water partition coefficient (Wildman–Crippen LogP) is -0.705. The first-order valence-electron chi connectivity index (χ1n) is 6.77. The van der Waals surface area contributed by atoms with Gasteiger partial charge in [0.25, 0.3) is 0 Å². The lowest BCUT2D eigenvalue weighted by Crippen LogP contribution is -2.36. The standard InChI is InChI=1S/C13H15N5O4/c14-12-11-9(18(7-10(19)20)13(21)16-12)5-8(6-15-11)17-1-3-22-4-2-17/h5-6H,1-4,7H2,(H,19,20)(H2,14,16,21). The number of carboxylic acid groups (broad SMARTS) is 1. The van der Waals surface area contributed by atoms with Crippen LogP contribution >= 0.6 is 0 Å². The number of nitrogens with two attached hydrogens (primary N) is 1. The molecule has 0 unspecified atom stereocenters. The number of rotatable bonds is 3. The average molecular weight is 305 g/mol. The number of carbonyl (C=O) groups is 1. The summed E-state index contributed by atoms with van der Waals surface area (Å²) in [5.74, 6) is -1.14. The lowest BCUT2D eigenvalue weighted by molar-refractivity contribution is -0.137. The molecule has 1 fully saturated rings. The van der Waals surface area contributed by atoms with E-state index >= 15 is 0 Å². The number of hydrogen-bond donors (Lipinski definition) is 2. The molecule has 0 saturated carbocycles. The molecule has 0 amide bonds. The zero-order valence-corrected chi connectivity index (χ0v) is 11.7. The molecule has 3 N–H and O–H groups in total. The van der Waals surface area contributed by atoms with Crippen LogP contribution in [-0.2, 0) is 16.1 Å². The fourth-order valence-electron chi connectivity index (χ4n) is 2.45. The van der Waals surface area contributed by atoms with E-state index in [1.165, 1.54) is 0 Å². The molecule has 1 saturated heterocycles. The van der Waals surface area contributed by atoms with Crippen molar-refractivity contribution in [3.63, 3.8) is 0 Å². The van der Waals surface area contributed by atoms with E-state index in [1.54, 1.807) is 12.3 Å². The van der Waals surface area contributed by atoms with Crippen LogP contribution in [0.5, 0.6) is 0 Å². The molecule has 0 radical (unpaired) electrons. The van der Waals surface area contributed by atoms with Crippen LogP contribution in [0.2, 0.25) is 0 Å². The van der Waals surface area contributed by atoms with Gasteiger partial charge in [-0.2, -0.15) is 4.98 Å². The van der Waals surface area contributed by atoms with Crippen LogP contribution in [0.15, 0.2) is 17.1 Å². The molecular formula is C13H15N5O4. The average Bonchev–Trinajstić information content (AvgIpc) is 2.51. The van der Waals surface area contributed by atoms with Crippen LogP contribution in [0.1, 0.15) is 0 Å². The van der Waals surface area contributed by atoms with Gasteiger partial charge in [0.05, 0.1) is 30.6 Å². The van der Waals surface area contributed by atoms with Gasteiger partial charge in [-0.3, -0.25) is 9.36 Å². The maximum atomic E-state index is 11.9. The van der Waals surface area contributed by atoms with Gasteiger partial charge in [-0.1, -0.05) is 0 Å². The van der Waals surface area contributed by atoms with Crippen LogP contribution in [0, 0.1) is 0 Å². The molecule has 116 valence electrons. The molecule has 3 heterocycles. The fraction of sp³-hybridized carbons (Fsp3) is 0.385. The smallest absolute Gasteiger partial charge is 0.350 e. The van der Waals surface area contributed by atoms with Gasteiger partial charge in [0.1, 0.15) is 12.1 Å². The minimum Gasteiger partial charge on any atom is -0.480 e. The zero-order valence-electron chi connectivity index (χ0n) is 11.7. The Morgan fingerprint density at radius 2 is 2.14 bits per heavy atom. The number of carboxylic acids is 1. The van der Waals surface area contributed by atoms with Crippen LogP contribution < -0.4 is 16.3 Å². The van der Waals surface area contributed by atoms with Crippen molar-refractivity contribution < 1.29 is 14.6 Å². The molecule has 22 heavy (non-hydrogen) atoms. The molecule has 2 aromatic heterocycles. The van der Waals surface area contributed by atoms with E-state index in [1.807, 2.05) is 0 Å². The second kappa shape index (κ2) is 5.60. The van der Waals surface area contributed by atoms with Crippen molar-refractivity contribution in [2.45, 2.75) is 6.54 Å². The highest BCUT2D eigenvalue weighted by molar-refractivity contribution is 5.87. The van der Waals surface area contributed by atoms with Gasteiger partial charge in [-0.05, 0) is 6.07 Å². The third-order valence-electron chi connectivity index (χ3n) is 3.50. The van der Waals surface area contributed by atoms with Crippen LogP contribution in [-0.4, -0.2) is 51.9 Å². The monoisotopic (exact) mass is 305 g/mol. The number of aromatic nitrogens is 3. The molecular weight excluding hydrogens is 290 g/mol. The molecule has 0 aliphatic carbocycles. The van der Waals surface area contributed by atoms with Gasteiger partial charge in [-0.25, -0.2) is 9.78 Å². The van der Waals surface area contributed by atoms with E-state index < -0.39 is 18.2 Å². The predicted molar refractivity (Wildman–Crippen MR) is 78.9 cm³/mol. The topological polar surface area (TPSA) is 124 Å². The Bertz CT molecular complexity index is 782. The summed E-state index contributed by atoms with van der Waals surface area (Å²) in [6, 6.07) is 1.72. The third-order valence-corrected chi connectivity index (χ3v) is 3.50. The molecule has 1 aliphatic rings. The Balaban J connectivity index is 2.15. The highest BCUT2D eigenvalue weighted by Gasteiger charge is 2.16. The summed E-state index contributed by atoms with van der Waals surface area (Å²) in [5, 5.41) is 8.97. The second-order valence-electron chi connectivity index (χ2n) is 4.92. The molecule has 3 rings (SSSR count). The summed E-state index contributed by atoms with van der Waals surface area (Å²) in [4.78, 5) is 32.8. The number of hydrogen-bond acceptors (Lipinski definition) is 7. The van der Waals surface area contributed by atoms with E-state index in [2.05, 4.69) is 14.9 Å². The van der Waals surface area contributed by atoms with E-state index in [4.69, 9.17) is 15.6 Å². The summed E-state index contributed by atoms with van der Waals surface area (Å²) < 4.78 is 6.36. The van der Waals surface area contributed by atoms with Crippen LogP contribution in [0.25, 0.3) is 11.0 Å². The quantitative estimate of drug-likeness (QED) is 0.762. The minimum atomic E-state index is -1.13. The van der Waals surface area contributed by atoms with Crippen molar-refractivity contribution in [3.05, 3.63) is 22.7 Å². The van der Waals surface area contributed by atoms with Crippen LogP contribution in [0.3, 0.4) is 0 Å². The van der Waals surface area contributed by atoms with Gasteiger partial charge in [0, 0.05) is 13.1 Å². The van der Waals surface area contributed by atoms with E-state index in [9.17, 15) is 9.59 Å². The SMILES string of the molecule is Nc1nc(=O)n(CC(=O)O)c2cc(N3CCOCC3)cnc12. The first-order chi connectivity index (χ1) is 10.6. The summed E-state index contributed by atoms with van der Waals surface area (Å²) in [6.45, 7) is 2.14. The van der Waals surface area contributed by atoms with Gasteiger partial charge < -0.3 is 20.5 Å². The van der Waals surface area contributed by atoms with Gasteiger partial charge in [0.15, 0.2) is 5.82 Å². The lowest BCUT2D eigenvalue weighted by atomic mass is 10.2. The highest BCUT2D eigenvalue weighted by atomic mass is 16.5. The highest BCUT2D eigenvalue weighted by Crippen LogP contribution is 2.22. The van der Waals surface area contributed by atoms with Crippen molar-refractivity contribution in [1.29, 1.82) is 0 Å². The van der Waals surface area contributed by atoms with E-state index in [0.717, 1.165) is 10.3 Å². The molecule has 1 aliphatic heterocycles. The molecule has 0 aromatic carbocycles. The van der Waals surface area contributed by atoms with Crippen molar-refractivity contribution in [3.8, 4) is 0 Å². The normalized spacial score (nSPS) is 15.2. The van der Waals surface area contributed by atoms with Crippen molar-refractivity contribution in [1.82, 2.24) is 14.5 Å². The number of pyridine rings is 1. The number of anilines is 2. The van der Waals surface area contributed by atoms with Gasteiger partial charge in [0.2, 0.25) is 0 Å². The molecule has 9 nitrogen and oxygen atoms in total. The zero-order chi connectivity index (χ0) is 15.7. The lowest BCUT2D eigenvalue weighted by Gasteiger charge is -2.28. The minimum absolute atomic E-state index is 0.00448. The summed E-state index contributed by atoms with van der Waals surface area (Å²) in [6.07, 6.45) is 1.64. The fourth-order valence-corrected chi connectivity index (χ4v) is 2.45. The Labute approximate surface area is 124 Å². The Morgan fingerprint density at radius 3 is 2.82 bits per heavy atom. The summed E-state index contributed by atoms with van der Waals surface area (Å²) in [7, 11) is 0. The first kappa shape index (κ1) is 14.3. The van der Waals surface area contributed by atoms with Gasteiger partial charge >= 0.3 is 11.7 Å². The molecule has 0 bridgehead atoms. The Hall–Kier alpha value is -2.68. The van der Waals surface area contributed by atoms with Gasteiger partial charge in [-0.15, -0.1) is 0 Å². The molecule has 2 aromatic rings. The number of nitrogens with zero attached hydrogens (tertiary/aromatic N) is 4. The molecule has 0 atom stereocenters. The summed E-state index contributed by atoms with van der Waals surface area (Å²) in [5.41, 5.74) is 6.49. The number of aliphatic carboxylic acids is 1. The summed E-state index contributed by atoms with van der Waals surface area (Å²) >= 11 is 0. The molecule has 0 spiro atoms. The van der Waals surface area contributed by atoms with E-state index in [-0.39, 0.29) is 5.82 Å². The largest absolute Gasteiger partial charge is 0.480 e. The Kier molecular flexibility index (Phi) is 3.63. The number of fused-ring (bicyclic) bond motifs is 1. The third kappa shape index (κ3) is 2.58. The van der Waals surface area contributed by atoms with Crippen molar-refractivity contribution in [2.75, 3.05) is 36.9 Å². The van der Waals surface area contributed by atoms with Crippen molar-refractivity contribution >= 4 is 28.5 Å². The first-order valence-corrected chi connectivity index (χ1v) is 6.77. The number of nitrogen functional groups attached to an aromatic ring is 1.